The molecule has 90 valence electrons. The highest BCUT2D eigenvalue weighted by molar-refractivity contribution is 5.47. The molecule has 1 aliphatic heterocycles. The summed E-state index contributed by atoms with van der Waals surface area (Å²) in [6.45, 7) is 1.58. The molecule has 0 saturated carbocycles. The Morgan fingerprint density at radius 2 is 2.18 bits per heavy atom. The highest BCUT2D eigenvalue weighted by Gasteiger charge is 2.28. The van der Waals surface area contributed by atoms with Gasteiger partial charge >= 0.3 is 0 Å². The molecule has 0 radical (unpaired) electrons. The fraction of sp³-hybridized carbons (Fsp3) is 0.462. The number of halogens is 1. The van der Waals surface area contributed by atoms with Gasteiger partial charge in [0.25, 0.3) is 0 Å². The van der Waals surface area contributed by atoms with Crippen LogP contribution in [-0.4, -0.2) is 24.3 Å². The lowest BCUT2D eigenvalue weighted by molar-refractivity contribution is 0.122. The molecule has 2 rings (SSSR count). The standard InChI is InChI=1S/C13H15FN2O/c14-11-1-3-12(4-2-11)16-8-6-10(9-16)13(17)5-7-15/h1-4,10,13,17H,5-6,8-9H2. The molecule has 1 fully saturated rings. The van der Waals surface area contributed by atoms with E-state index in [-0.39, 0.29) is 18.2 Å². The van der Waals surface area contributed by atoms with E-state index in [9.17, 15) is 9.50 Å². The first-order chi connectivity index (χ1) is 8.20. The Bertz CT molecular complexity index is 412. The number of nitriles is 1. The van der Waals surface area contributed by atoms with Crippen molar-refractivity contribution < 1.29 is 9.50 Å². The smallest absolute Gasteiger partial charge is 0.123 e. The van der Waals surface area contributed by atoms with Gasteiger partial charge in [0, 0.05) is 24.7 Å². The molecular formula is C13H15FN2O. The van der Waals surface area contributed by atoms with Crippen molar-refractivity contribution in [2.24, 2.45) is 5.92 Å². The summed E-state index contributed by atoms with van der Waals surface area (Å²) in [6.07, 6.45) is 0.507. The molecule has 0 spiro atoms. The fourth-order valence-corrected chi connectivity index (χ4v) is 2.25. The third-order valence-corrected chi connectivity index (χ3v) is 3.26. The second kappa shape index (κ2) is 5.15. The number of rotatable bonds is 3. The van der Waals surface area contributed by atoms with E-state index >= 15 is 0 Å². The van der Waals surface area contributed by atoms with E-state index in [1.165, 1.54) is 12.1 Å². The van der Waals surface area contributed by atoms with Crippen LogP contribution in [0, 0.1) is 23.1 Å². The van der Waals surface area contributed by atoms with Gasteiger partial charge < -0.3 is 10.0 Å². The molecule has 4 heteroatoms. The lowest BCUT2D eigenvalue weighted by Crippen LogP contribution is -2.25. The fourth-order valence-electron chi connectivity index (χ4n) is 2.25. The summed E-state index contributed by atoms with van der Waals surface area (Å²) >= 11 is 0. The van der Waals surface area contributed by atoms with E-state index in [1.54, 1.807) is 12.1 Å². The van der Waals surface area contributed by atoms with Crippen molar-refractivity contribution in [1.29, 1.82) is 5.26 Å². The largest absolute Gasteiger partial charge is 0.392 e. The topological polar surface area (TPSA) is 47.3 Å². The Balaban J connectivity index is 1.98. The number of anilines is 1. The molecule has 1 aromatic carbocycles. The summed E-state index contributed by atoms with van der Waals surface area (Å²) in [7, 11) is 0. The van der Waals surface area contributed by atoms with Crippen molar-refractivity contribution in [2.75, 3.05) is 18.0 Å². The van der Waals surface area contributed by atoms with E-state index in [4.69, 9.17) is 5.26 Å². The van der Waals surface area contributed by atoms with Crippen LogP contribution in [0.25, 0.3) is 0 Å². The zero-order valence-electron chi connectivity index (χ0n) is 9.51. The first-order valence-electron chi connectivity index (χ1n) is 5.76. The van der Waals surface area contributed by atoms with Crippen molar-refractivity contribution in [3.05, 3.63) is 30.1 Å². The molecule has 1 aliphatic rings. The molecule has 3 nitrogen and oxygen atoms in total. The number of nitrogens with zero attached hydrogens (tertiary/aromatic N) is 2. The maximum atomic E-state index is 12.8. The van der Waals surface area contributed by atoms with Crippen molar-refractivity contribution in [3.63, 3.8) is 0 Å². The van der Waals surface area contributed by atoms with E-state index in [0.717, 1.165) is 25.2 Å². The van der Waals surface area contributed by atoms with Gasteiger partial charge in [0.05, 0.1) is 18.6 Å². The number of benzene rings is 1. The van der Waals surface area contributed by atoms with Crippen molar-refractivity contribution >= 4 is 5.69 Å². The quantitative estimate of drug-likeness (QED) is 0.869. The van der Waals surface area contributed by atoms with Crippen LogP contribution in [0.5, 0.6) is 0 Å². The second-order valence-electron chi connectivity index (χ2n) is 4.40. The zero-order chi connectivity index (χ0) is 12.3. The predicted molar refractivity (Wildman–Crippen MR) is 63.0 cm³/mol. The maximum absolute atomic E-state index is 12.8. The molecule has 2 atom stereocenters. The van der Waals surface area contributed by atoms with Gasteiger partial charge in [-0.15, -0.1) is 0 Å². The molecule has 0 aliphatic carbocycles. The highest BCUT2D eigenvalue weighted by atomic mass is 19.1. The Morgan fingerprint density at radius 1 is 1.47 bits per heavy atom. The Hall–Kier alpha value is -1.60. The van der Waals surface area contributed by atoms with Crippen molar-refractivity contribution in [2.45, 2.75) is 18.9 Å². The monoisotopic (exact) mass is 234 g/mol. The number of aliphatic hydroxyl groups is 1. The summed E-state index contributed by atoms with van der Waals surface area (Å²) in [6, 6.07) is 8.35. The van der Waals surface area contributed by atoms with Crippen LogP contribution in [0.3, 0.4) is 0 Å². The molecule has 2 unspecified atom stereocenters. The summed E-state index contributed by atoms with van der Waals surface area (Å²) < 4.78 is 12.8. The van der Waals surface area contributed by atoms with Crippen molar-refractivity contribution in [1.82, 2.24) is 0 Å². The van der Waals surface area contributed by atoms with E-state index in [0.29, 0.717) is 0 Å². The van der Waals surface area contributed by atoms with Gasteiger partial charge in [-0.3, -0.25) is 0 Å². The number of aliphatic hydroxyl groups excluding tert-OH is 1. The zero-order valence-corrected chi connectivity index (χ0v) is 9.51. The summed E-state index contributed by atoms with van der Waals surface area (Å²) in [5, 5.41) is 18.3. The van der Waals surface area contributed by atoms with Crippen LogP contribution >= 0.6 is 0 Å². The number of hydrogen-bond acceptors (Lipinski definition) is 3. The second-order valence-corrected chi connectivity index (χ2v) is 4.40. The third kappa shape index (κ3) is 2.75. The van der Waals surface area contributed by atoms with Crippen LogP contribution in [-0.2, 0) is 0 Å². The lowest BCUT2D eigenvalue weighted by Gasteiger charge is -2.20. The lowest BCUT2D eigenvalue weighted by atomic mass is 10.00. The van der Waals surface area contributed by atoms with Gasteiger partial charge in [-0.05, 0) is 30.7 Å². The van der Waals surface area contributed by atoms with E-state index in [1.807, 2.05) is 6.07 Å². The third-order valence-electron chi connectivity index (χ3n) is 3.26. The van der Waals surface area contributed by atoms with Gasteiger partial charge in [0.1, 0.15) is 5.82 Å². The van der Waals surface area contributed by atoms with Crippen LogP contribution < -0.4 is 4.90 Å². The molecule has 0 bridgehead atoms. The minimum atomic E-state index is -0.551. The Kier molecular flexibility index (Phi) is 3.60. The van der Waals surface area contributed by atoms with E-state index in [2.05, 4.69) is 4.90 Å². The number of hydrogen-bond donors (Lipinski definition) is 1. The average molecular weight is 234 g/mol. The minimum Gasteiger partial charge on any atom is -0.392 e. The van der Waals surface area contributed by atoms with E-state index < -0.39 is 6.10 Å². The van der Waals surface area contributed by atoms with Gasteiger partial charge in [-0.1, -0.05) is 0 Å². The highest BCUT2D eigenvalue weighted by Crippen LogP contribution is 2.26. The molecular weight excluding hydrogens is 219 g/mol. The van der Waals surface area contributed by atoms with Gasteiger partial charge in [-0.25, -0.2) is 4.39 Å². The molecule has 17 heavy (non-hydrogen) atoms. The van der Waals surface area contributed by atoms with Gasteiger partial charge in [-0.2, -0.15) is 5.26 Å². The van der Waals surface area contributed by atoms with Crippen LogP contribution in [0.15, 0.2) is 24.3 Å². The van der Waals surface area contributed by atoms with Crippen LogP contribution in [0.2, 0.25) is 0 Å². The first kappa shape index (κ1) is 11.9. The first-order valence-corrected chi connectivity index (χ1v) is 5.76. The average Bonchev–Trinajstić information content (AvgIpc) is 2.80. The molecule has 1 aromatic rings. The predicted octanol–water partition coefficient (Wildman–Crippen LogP) is 1.93. The molecule has 1 saturated heterocycles. The van der Waals surface area contributed by atoms with Gasteiger partial charge in [0.2, 0.25) is 0 Å². The Labute approximate surface area is 100 Å². The normalized spacial score (nSPS) is 21.2. The Morgan fingerprint density at radius 3 is 2.82 bits per heavy atom. The molecule has 1 heterocycles. The molecule has 0 amide bonds. The summed E-state index contributed by atoms with van der Waals surface area (Å²) in [5.41, 5.74) is 0.970. The maximum Gasteiger partial charge on any atom is 0.123 e. The summed E-state index contributed by atoms with van der Waals surface area (Å²) in [5.74, 6) is -0.103. The van der Waals surface area contributed by atoms with Crippen LogP contribution in [0.4, 0.5) is 10.1 Å². The molecule has 0 aromatic heterocycles. The van der Waals surface area contributed by atoms with Crippen LogP contribution in [0.1, 0.15) is 12.8 Å². The minimum absolute atomic E-state index is 0.139. The molecule has 1 N–H and O–H groups in total. The SMILES string of the molecule is N#CCC(O)C1CCN(c2ccc(F)cc2)C1. The van der Waals surface area contributed by atoms with Crippen molar-refractivity contribution in [3.8, 4) is 6.07 Å². The summed E-state index contributed by atoms with van der Waals surface area (Å²) in [4.78, 5) is 2.12. The van der Waals surface area contributed by atoms with Gasteiger partial charge in [0.15, 0.2) is 0 Å².